The summed E-state index contributed by atoms with van der Waals surface area (Å²) < 4.78 is 0. The number of halogens is 2. The Morgan fingerprint density at radius 2 is 1.95 bits per heavy atom. The van der Waals surface area contributed by atoms with Crippen LogP contribution >= 0.6 is 23.2 Å². The van der Waals surface area contributed by atoms with E-state index in [9.17, 15) is 4.79 Å². The van der Waals surface area contributed by atoms with E-state index in [0.717, 1.165) is 5.56 Å². The molecule has 0 spiro atoms. The molecule has 0 radical (unpaired) electrons. The van der Waals surface area contributed by atoms with Crippen molar-refractivity contribution in [2.75, 3.05) is 0 Å². The Hall–Kier alpha value is -0.770. The normalized spacial score (nSPS) is 13.2. The van der Waals surface area contributed by atoms with E-state index in [1.165, 1.54) is 0 Å². The molecule has 3 nitrogen and oxygen atoms in total. The zero-order valence-corrected chi connectivity index (χ0v) is 13.2. The topological polar surface area (TPSA) is 41.1 Å². The Morgan fingerprint density at radius 1 is 1.32 bits per heavy atom. The molecule has 0 aliphatic heterocycles. The molecule has 0 saturated heterocycles. The number of carbonyl (C=O) groups excluding carboxylic acids is 1. The summed E-state index contributed by atoms with van der Waals surface area (Å²) >= 11 is 12.0. The lowest BCUT2D eigenvalue weighted by Gasteiger charge is -2.23. The van der Waals surface area contributed by atoms with Crippen LogP contribution < -0.4 is 10.6 Å². The fourth-order valence-electron chi connectivity index (χ4n) is 1.51. The maximum absolute atomic E-state index is 11.9. The van der Waals surface area contributed by atoms with Crippen molar-refractivity contribution in [1.82, 2.24) is 10.6 Å². The second-order valence-electron chi connectivity index (χ2n) is 5.58. The van der Waals surface area contributed by atoms with Crippen LogP contribution in [0, 0.1) is 0 Å². The Balaban J connectivity index is 2.56. The molecule has 1 aromatic rings. The number of benzene rings is 1. The van der Waals surface area contributed by atoms with Gasteiger partial charge in [-0.3, -0.25) is 4.79 Å². The molecule has 0 aliphatic carbocycles. The monoisotopic (exact) mass is 302 g/mol. The van der Waals surface area contributed by atoms with Crippen molar-refractivity contribution in [3.05, 3.63) is 33.8 Å². The molecule has 0 bridgehead atoms. The van der Waals surface area contributed by atoms with Crippen molar-refractivity contribution in [2.24, 2.45) is 0 Å². The van der Waals surface area contributed by atoms with E-state index in [2.05, 4.69) is 10.6 Å². The molecule has 106 valence electrons. The number of nitrogens with one attached hydrogen (secondary N) is 2. The van der Waals surface area contributed by atoms with Crippen molar-refractivity contribution in [3.8, 4) is 0 Å². The molecule has 0 aliphatic rings. The summed E-state index contributed by atoms with van der Waals surface area (Å²) in [5, 5.41) is 7.33. The number of carbonyl (C=O) groups is 1. The van der Waals surface area contributed by atoms with Gasteiger partial charge in [0.25, 0.3) is 0 Å². The summed E-state index contributed by atoms with van der Waals surface area (Å²) in [4.78, 5) is 11.9. The second kappa shape index (κ2) is 6.60. The highest BCUT2D eigenvalue weighted by Gasteiger charge is 2.18. The van der Waals surface area contributed by atoms with Crippen LogP contribution in [-0.4, -0.2) is 17.5 Å². The van der Waals surface area contributed by atoms with Crippen LogP contribution in [0.5, 0.6) is 0 Å². The maximum atomic E-state index is 11.9. The van der Waals surface area contributed by atoms with Crippen molar-refractivity contribution in [1.29, 1.82) is 0 Å². The molecular weight excluding hydrogens is 283 g/mol. The summed E-state index contributed by atoms with van der Waals surface area (Å²) in [7, 11) is 0. The van der Waals surface area contributed by atoms with Crippen LogP contribution in [-0.2, 0) is 11.3 Å². The van der Waals surface area contributed by atoms with Gasteiger partial charge in [0, 0.05) is 22.1 Å². The SMILES string of the molecule is CC(NCc1cc(Cl)ccc1Cl)C(=O)NC(C)(C)C. The van der Waals surface area contributed by atoms with Crippen molar-refractivity contribution < 1.29 is 4.79 Å². The standard InChI is InChI=1S/C14H20Cl2N2O/c1-9(13(19)18-14(2,3)4)17-8-10-7-11(15)5-6-12(10)16/h5-7,9,17H,8H2,1-4H3,(H,18,19). The van der Waals surface area contributed by atoms with Gasteiger partial charge >= 0.3 is 0 Å². The molecule has 1 amide bonds. The lowest BCUT2D eigenvalue weighted by atomic mass is 10.1. The largest absolute Gasteiger partial charge is 0.350 e. The first kappa shape index (κ1) is 16.3. The maximum Gasteiger partial charge on any atom is 0.237 e. The lowest BCUT2D eigenvalue weighted by molar-refractivity contribution is -0.124. The first-order valence-electron chi connectivity index (χ1n) is 6.18. The van der Waals surface area contributed by atoms with Gasteiger partial charge in [0.15, 0.2) is 0 Å². The van der Waals surface area contributed by atoms with Gasteiger partial charge in [-0.15, -0.1) is 0 Å². The van der Waals surface area contributed by atoms with Crippen LogP contribution in [0.25, 0.3) is 0 Å². The highest BCUT2D eigenvalue weighted by molar-refractivity contribution is 6.33. The average Bonchev–Trinajstić information content (AvgIpc) is 2.27. The molecule has 19 heavy (non-hydrogen) atoms. The highest BCUT2D eigenvalue weighted by atomic mass is 35.5. The quantitative estimate of drug-likeness (QED) is 0.895. The smallest absolute Gasteiger partial charge is 0.237 e. The molecule has 1 unspecified atom stereocenters. The minimum absolute atomic E-state index is 0.0364. The van der Waals surface area contributed by atoms with E-state index >= 15 is 0 Å². The summed E-state index contributed by atoms with van der Waals surface area (Å²) in [6.07, 6.45) is 0. The Kier molecular flexibility index (Phi) is 5.65. The van der Waals surface area contributed by atoms with Gasteiger partial charge in [-0.25, -0.2) is 0 Å². The molecule has 0 aromatic heterocycles. The van der Waals surface area contributed by atoms with Gasteiger partial charge in [-0.1, -0.05) is 23.2 Å². The van der Waals surface area contributed by atoms with Crippen LogP contribution in [0.1, 0.15) is 33.3 Å². The van der Waals surface area contributed by atoms with Gasteiger partial charge in [0.1, 0.15) is 0 Å². The number of hydrogen-bond acceptors (Lipinski definition) is 2. The Bertz CT molecular complexity index is 455. The highest BCUT2D eigenvalue weighted by Crippen LogP contribution is 2.20. The summed E-state index contributed by atoms with van der Waals surface area (Å²) in [6.45, 7) is 8.17. The van der Waals surface area contributed by atoms with E-state index < -0.39 is 0 Å². The van der Waals surface area contributed by atoms with Crippen LogP contribution in [0.4, 0.5) is 0 Å². The Labute approximate surface area is 124 Å². The van der Waals surface area contributed by atoms with Crippen LogP contribution in [0.2, 0.25) is 10.0 Å². The lowest BCUT2D eigenvalue weighted by Crippen LogP contribution is -2.49. The third-order valence-corrected chi connectivity index (χ3v) is 3.10. The summed E-state index contributed by atoms with van der Waals surface area (Å²) in [6, 6.07) is 4.99. The summed E-state index contributed by atoms with van der Waals surface area (Å²) in [5.74, 6) is -0.0364. The minimum atomic E-state index is -0.297. The Morgan fingerprint density at radius 3 is 2.53 bits per heavy atom. The molecule has 0 heterocycles. The van der Waals surface area contributed by atoms with Crippen LogP contribution in [0.3, 0.4) is 0 Å². The van der Waals surface area contributed by atoms with E-state index in [-0.39, 0.29) is 17.5 Å². The molecule has 0 saturated carbocycles. The van der Waals surface area contributed by atoms with Crippen molar-refractivity contribution in [3.63, 3.8) is 0 Å². The van der Waals surface area contributed by atoms with Gasteiger partial charge in [0.05, 0.1) is 6.04 Å². The van der Waals surface area contributed by atoms with E-state index in [1.54, 1.807) is 18.2 Å². The van der Waals surface area contributed by atoms with E-state index in [4.69, 9.17) is 23.2 Å². The predicted octanol–water partition coefficient (Wildman–Crippen LogP) is 3.39. The first-order valence-corrected chi connectivity index (χ1v) is 6.94. The first-order chi connectivity index (χ1) is 8.69. The van der Waals surface area contributed by atoms with E-state index in [1.807, 2.05) is 27.7 Å². The third-order valence-electron chi connectivity index (χ3n) is 2.50. The number of rotatable bonds is 4. The second-order valence-corrected chi connectivity index (χ2v) is 6.42. The number of amides is 1. The molecular formula is C14H20Cl2N2O. The molecule has 2 N–H and O–H groups in total. The average molecular weight is 303 g/mol. The number of hydrogen-bond donors (Lipinski definition) is 2. The van der Waals surface area contributed by atoms with Gasteiger partial charge in [-0.05, 0) is 51.5 Å². The van der Waals surface area contributed by atoms with Crippen LogP contribution in [0.15, 0.2) is 18.2 Å². The molecule has 5 heteroatoms. The fraction of sp³-hybridized carbons (Fsp3) is 0.500. The molecule has 1 aromatic carbocycles. The van der Waals surface area contributed by atoms with Gasteiger partial charge in [-0.2, -0.15) is 0 Å². The predicted molar refractivity (Wildman–Crippen MR) is 80.7 cm³/mol. The zero-order valence-electron chi connectivity index (χ0n) is 11.7. The van der Waals surface area contributed by atoms with Gasteiger partial charge in [0.2, 0.25) is 5.91 Å². The zero-order chi connectivity index (χ0) is 14.6. The fourth-order valence-corrected chi connectivity index (χ4v) is 1.89. The minimum Gasteiger partial charge on any atom is -0.350 e. The van der Waals surface area contributed by atoms with Gasteiger partial charge < -0.3 is 10.6 Å². The van der Waals surface area contributed by atoms with Crippen molar-refractivity contribution in [2.45, 2.75) is 45.8 Å². The third kappa shape index (κ3) is 5.81. The molecule has 1 rings (SSSR count). The molecule has 0 fully saturated rings. The summed E-state index contributed by atoms with van der Waals surface area (Å²) in [5.41, 5.74) is 0.644. The molecule has 1 atom stereocenters. The van der Waals surface area contributed by atoms with Crippen molar-refractivity contribution >= 4 is 29.1 Å². The van der Waals surface area contributed by atoms with E-state index in [0.29, 0.717) is 16.6 Å².